The molecule has 0 aliphatic heterocycles. The quantitative estimate of drug-likeness (QED) is 0.507. The summed E-state index contributed by atoms with van der Waals surface area (Å²) in [5, 5.41) is 4.05. The summed E-state index contributed by atoms with van der Waals surface area (Å²) >= 11 is 0. The second kappa shape index (κ2) is 7.21. The maximum atomic E-state index is 12.1. The van der Waals surface area contributed by atoms with Gasteiger partial charge < -0.3 is 4.74 Å². The maximum Gasteiger partial charge on any atom is 0.378 e. The van der Waals surface area contributed by atoms with Gasteiger partial charge in [-0.2, -0.15) is 4.98 Å². The van der Waals surface area contributed by atoms with Gasteiger partial charge in [0.05, 0.1) is 0 Å². The fourth-order valence-electron chi connectivity index (χ4n) is 2.42. The molecule has 0 spiro atoms. The highest BCUT2D eigenvalue weighted by Crippen LogP contribution is 2.08. The second-order valence-corrected chi connectivity index (χ2v) is 5.68. The third-order valence-corrected chi connectivity index (χ3v) is 3.76. The van der Waals surface area contributed by atoms with E-state index in [0.29, 0.717) is 11.3 Å². The lowest BCUT2D eigenvalue weighted by Gasteiger charge is -2.03. The predicted molar refractivity (Wildman–Crippen MR) is 90.6 cm³/mol. The van der Waals surface area contributed by atoms with E-state index in [9.17, 15) is 9.59 Å². The lowest BCUT2D eigenvalue weighted by atomic mass is 10.1. The number of benzene rings is 1. The van der Waals surface area contributed by atoms with Crippen molar-refractivity contribution in [1.29, 1.82) is 0 Å². The molecule has 1 aromatic carbocycles. The maximum absolute atomic E-state index is 12.1. The Balaban J connectivity index is 1.64. The van der Waals surface area contributed by atoms with Crippen molar-refractivity contribution in [2.75, 3.05) is 6.61 Å². The number of ether oxygens (including phenoxy) is 1. The van der Waals surface area contributed by atoms with Gasteiger partial charge in [0.2, 0.25) is 0 Å². The fourth-order valence-corrected chi connectivity index (χ4v) is 2.42. The van der Waals surface area contributed by atoms with Crippen LogP contribution in [0.3, 0.4) is 0 Å². The molecule has 0 aliphatic rings. The monoisotopic (exact) mass is 338 g/mol. The highest BCUT2D eigenvalue weighted by atomic mass is 16.5. The number of rotatable bonds is 6. The number of hydrogen-bond donors (Lipinski definition) is 0. The zero-order chi connectivity index (χ0) is 17.8. The number of carbonyl (C=O) groups excluding carboxylic acids is 2. The predicted octanol–water partition coefficient (Wildman–Crippen LogP) is 2.42. The summed E-state index contributed by atoms with van der Waals surface area (Å²) in [5.74, 6) is -0.826. The van der Waals surface area contributed by atoms with Crippen molar-refractivity contribution in [2.45, 2.75) is 26.7 Å². The molecule has 0 N–H and O–H groups in total. The Morgan fingerprint density at radius 1 is 1.16 bits per heavy atom. The van der Waals surface area contributed by atoms with E-state index in [2.05, 4.69) is 22.0 Å². The van der Waals surface area contributed by atoms with Crippen LogP contribution in [0.25, 0.3) is 5.78 Å². The van der Waals surface area contributed by atoms with Crippen LogP contribution >= 0.6 is 0 Å². The van der Waals surface area contributed by atoms with E-state index in [-0.39, 0.29) is 18.2 Å². The van der Waals surface area contributed by atoms with Gasteiger partial charge in [-0.05, 0) is 25.0 Å². The topological polar surface area (TPSA) is 86.5 Å². The molecule has 128 valence electrons. The Bertz CT molecular complexity index is 916. The molecule has 0 amide bonds. The van der Waals surface area contributed by atoms with Crippen molar-refractivity contribution in [3.05, 3.63) is 59.2 Å². The van der Waals surface area contributed by atoms with E-state index in [1.54, 1.807) is 24.4 Å². The minimum atomic E-state index is -0.749. The van der Waals surface area contributed by atoms with Crippen molar-refractivity contribution >= 4 is 17.5 Å². The molecule has 0 radical (unpaired) electrons. The number of Topliss-reactive ketones (excluding diaryl/α,β-unsaturated/α-hetero) is 1. The fraction of sp³-hybridized carbons (Fsp3) is 0.278. The van der Waals surface area contributed by atoms with Crippen LogP contribution in [0.4, 0.5) is 0 Å². The normalized spacial score (nSPS) is 10.8. The van der Waals surface area contributed by atoms with Crippen molar-refractivity contribution in [3.63, 3.8) is 0 Å². The first-order chi connectivity index (χ1) is 12.1. The number of nitrogens with zero attached hydrogens (tertiary/aromatic N) is 4. The Hall–Kier alpha value is -3.09. The summed E-state index contributed by atoms with van der Waals surface area (Å²) in [6.07, 6.45) is 3.60. The van der Waals surface area contributed by atoms with Crippen LogP contribution in [-0.4, -0.2) is 37.9 Å². The van der Waals surface area contributed by atoms with Crippen LogP contribution in [0.15, 0.2) is 36.5 Å². The minimum absolute atomic E-state index is 0.118. The van der Waals surface area contributed by atoms with Gasteiger partial charge in [-0.3, -0.25) is 4.79 Å². The van der Waals surface area contributed by atoms with Gasteiger partial charge in [0.15, 0.2) is 12.4 Å². The lowest BCUT2D eigenvalue weighted by molar-refractivity contribution is 0.0463. The zero-order valence-electron chi connectivity index (χ0n) is 14.1. The Kier molecular flexibility index (Phi) is 4.83. The minimum Gasteiger partial charge on any atom is -0.451 e. The molecule has 0 unspecified atom stereocenters. The molecule has 0 saturated carbocycles. The molecule has 7 heteroatoms. The Morgan fingerprint density at radius 2 is 1.92 bits per heavy atom. The molecule has 7 nitrogen and oxygen atoms in total. The van der Waals surface area contributed by atoms with E-state index in [4.69, 9.17) is 4.74 Å². The number of aromatic nitrogens is 4. The van der Waals surface area contributed by atoms with Gasteiger partial charge >= 0.3 is 5.97 Å². The number of hydrogen-bond acceptors (Lipinski definition) is 6. The molecular weight excluding hydrogens is 320 g/mol. The molecule has 0 aliphatic carbocycles. The van der Waals surface area contributed by atoms with Gasteiger partial charge in [-0.1, -0.05) is 37.6 Å². The van der Waals surface area contributed by atoms with Crippen molar-refractivity contribution < 1.29 is 14.3 Å². The number of ketones is 1. The van der Waals surface area contributed by atoms with Crippen molar-refractivity contribution in [3.8, 4) is 0 Å². The highest BCUT2D eigenvalue weighted by Gasteiger charge is 2.17. The second-order valence-electron chi connectivity index (χ2n) is 5.68. The van der Waals surface area contributed by atoms with E-state index in [0.717, 1.165) is 18.5 Å². The SMILES string of the molecule is CCCc1ccc(C(=O)COC(=O)c2nc3nccc(C)n3n2)cc1. The molecule has 2 heterocycles. The molecule has 0 fully saturated rings. The molecular formula is C18H18N4O3. The number of aryl methyl sites for hydroxylation is 2. The average Bonchev–Trinajstić information content (AvgIpc) is 3.06. The van der Waals surface area contributed by atoms with E-state index in [1.165, 1.54) is 10.1 Å². The van der Waals surface area contributed by atoms with Gasteiger partial charge in [-0.25, -0.2) is 14.3 Å². The third kappa shape index (κ3) is 3.71. The van der Waals surface area contributed by atoms with Crippen LogP contribution in [0.2, 0.25) is 0 Å². The van der Waals surface area contributed by atoms with Crippen molar-refractivity contribution in [2.24, 2.45) is 0 Å². The molecule has 0 saturated heterocycles. The number of esters is 1. The van der Waals surface area contributed by atoms with Gasteiger partial charge in [0.1, 0.15) is 0 Å². The summed E-state index contributed by atoms with van der Waals surface area (Å²) in [6, 6.07) is 9.07. The van der Waals surface area contributed by atoms with Crippen LogP contribution in [0, 0.1) is 6.92 Å². The molecule has 3 rings (SSSR count). The zero-order valence-corrected chi connectivity index (χ0v) is 14.1. The number of carbonyl (C=O) groups is 2. The molecule has 3 aromatic rings. The lowest BCUT2D eigenvalue weighted by Crippen LogP contribution is -2.15. The van der Waals surface area contributed by atoms with E-state index >= 15 is 0 Å². The summed E-state index contributed by atoms with van der Waals surface area (Å²) in [4.78, 5) is 32.2. The van der Waals surface area contributed by atoms with E-state index < -0.39 is 5.97 Å². The molecule has 2 aromatic heterocycles. The first kappa shape index (κ1) is 16.8. The number of fused-ring (bicyclic) bond motifs is 1. The Morgan fingerprint density at radius 3 is 2.60 bits per heavy atom. The molecule has 0 bridgehead atoms. The molecule has 0 atom stereocenters. The first-order valence-corrected chi connectivity index (χ1v) is 8.06. The van der Waals surface area contributed by atoms with Crippen LogP contribution in [0.1, 0.15) is 45.6 Å². The van der Waals surface area contributed by atoms with Gasteiger partial charge in [0, 0.05) is 17.5 Å². The third-order valence-electron chi connectivity index (χ3n) is 3.76. The Labute approximate surface area is 144 Å². The van der Waals surface area contributed by atoms with Crippen molar-refractivity contribution in [1.82, 2.24) is 19.6 Å². The first-order valence-electron chi connectivity index (χ1n) is 8.06. The van der Waals surface area contributed by atoms with Crippen LogP contribution < -0.4 is 0 Å². The van der Waals surface area contributed by atoms with Crippen LogP contribution in [-0.2, 0) is 11.2 Å². The standard InChI is InChI=1S/C18H18N4O3/c1-3-4-13-5-7-14(8-6-13)15(23)11-25-17(24)16-20-18-19-10-9-12(2)22(18)21-16/h5-10H,3-4,11H2,1-2H3. The van der Waals surface area contributed by atoms with Crippen LogP contribution in [0.5, 0.6) is 0 Å². The smallest absolute Gasteiger partial charge is 0.378 e. The molecule has 25 heavy (non-hydrogen) atoms. The summed E-state index contributed by atoms with van der Waals surface area (Å²) < 4.78 is 6.49. The summed E-state index contributed by atoms with van der Waals surface area (Å²) in [7, 11) is 0. The van der Waals surface area contributed by atoms with E-state index in [1.807, 2.05) is 19.1 Å². The summed E-state index contributed by atoms with van der Waals surface area (Å²) in [5.41, 5.74) is 2.47. The highest BCUT2D eigenvalue weighted by molar-refractivity contribution is 5.98. The van der Waals surface area contributed by atoms with Gasteiger partial charge in [-0.15, -0.1) is 5.10 Å². The largest absolute Gasteiger partial charge is 0.451 e. The van der Waals surface area contributed by atoms with Gasteiger partial charge in [0.25, 0.3) is 11.6 Å². The average molecular weight is 338 g/mol. The summed E-state index contributed by atoms with van der Waals surface area (Å²) in [6.45, 7) is 3.57.